The summed E-state index contributed by atoms with van der Waals surface area (Å²) in [5, 5.41) is 9.36. The normalized spacial score (nSPS) is 10.3. The third-order valence-corrected chi connectivity index (χ3v) is 3.08. The summed E-state index contributed by atoms with van der Waals surface area (Å²) in [7, 11) is 3.36. The minimum Gasteiger partial charge on any atom is -0.385 e. The first-order valence-corrected chi connectivity index (χ1v) is 6.75. The Balaban J connectivity index is 3.02. The van der Waals surface area contributed by atoms with E-state index in [0.717, 1.165) is 30.0 Å². The van der Waals surface area contributed by atoms with Crippen molar-refractivity contribution in [3.05, 3.63) is 22.9 Å². The Morgan fingerprint density at radius 3 is 2.50 bits per heavy atom. The minimum atomic E-state index is 0.604. The molecule has 0 aliphatic carbocycles. The molecule has 0 saturated carbocycles. The molecule has 20 heavy (non-hydrogen) atoms. The van der Waals surface area contributed by atoms with Crippen LogP contribution in [0, 0.1) is 25.2 Å². The van der Waals surface area contributed by atoms with Crippen molar-refractivity contribution in [3.63, 3.8) is 0 Å². The molecule has 0 radical (unpaired) electrons. The Morgan fingerprint density at radius 2 is 1.90 bits per heavy atom. The molecule has 1 aromatic heterocycles. The molecule has 0 aliphatic heterocycles. The predicted octanol–water partition coefficient (Wildman–Crippen LogP) is 2.06. The van der Waals surface area contributed by atoms with Crippen LogP contribution in [0.1, 0.15) is 23.2 Å². The second-order valence-electron chi connectivity index (χ2n) is 4.72. The fraction of sp³-hybridized carbons (Fsp3) is 0.600. The van der Waals surface area contributed by atoms with Crippen LogP contribution in [0.5, 0.6) is 0 Å². The van der Waals surface area contributed by atoms with Crippen LogP contribution in [0.25, 0.3) is 0 Å². The summed E-state index contributed by atoms with van der Waals surface area (Å²) in [6.07, 6.45) is 0.889. The third-order valence-electron chi connectivity index (χ3n) is 3.08. The zero-order valence-electron chi connectivity index (χ0n) is 12.8. The Labute approximate surface area is 121 Å². The van der Waals surface area contributed by atoms with E-state index in [2.05, 4.69) is 16.0 Å². The number of nitriles is 1. The lowest BCUT2D eigenvalue weighted by atomic mass is 10.1. The highest BCUT2D eigenvalue weighted by Crippen LogP contribution is 2.22. The molecule has 0 spiro atoms. The van der Waals surface area contributed by atoms with E-state index in [1.165, 1.54) is 0 Å². The number of hydrogen-bond acceptors (Lipinski definition) is 5. The predicted molar refractivity (Wildman–Crippen MR) is 79.0 cm³/mol. The number of aromatic nitrogens is 1. The van der Waals surface area contributed by atoms with Crippen molar-refractivity contribution in [2.24, 2.45) is 0 Å². The van der Waals surface area contributed by atoms with Crippen molar-refractivity contribution in [1.82, 2.24) is 4.98 Å². The van der Waals surface area contributed by atoms with Gasteiger partial charge in [0.05, 0.1) is 12.2 Å². The van der Waals surface area contributed by atoms with Crippen LogP contribution in [0.4, 0.5) is 5.82 Å². The molecular weight excluding hydrogens is 254 g/mol. The number of anilines is 1. The average molecular weight is 277 g/mol. The smallest absolute Gasteiger partial charge is 0.147 e. The zero-order valence-corrected chi connectivity index (χ0v) is 12.8. The Hall–Kier alpha value is -1.64. The van der Waals surface area contributed by atoms with E-state index >= 15 is 0 Å². The van der Waals surface area contributed by atoms with Crippen LogP contribution >= 0.6 is 0 Å². The van der Waals surface area contributed by atoms with E-state index in [1.54, 1.807) is 14.2 Å². The standard InChI is InChI=1S/C15H23N3O2/c1-12-10-13(2)17-15(14(12)11-16)18(7-9-20-4)6-5-8-19-3/h10H,5-9H2,1-4H3. The second-order valence-corrected chi connectivity index (χ2v) is 4.72. The molecule has 1 heterocycles. The molecule has 0 bridgehead atoms. The maximum atomic E-state index is 9.36. The number of pyridine rings is 1. The number of methoxy groups -OCH3 is 2. The van der Waals surface area contributed by atoms with Crippen molar-refractivity contribution in [2.75, 3.05) is 45.4 Å². The van der Waals surface area contributed by atoms with Gasteiger partial charge in [-0.1, -0.05) is 0 Å². The van der Waals surface area contributed by atoms with Gasteiger partial charge in [0.1, 0.15) is 11.9 Å². The molecule has 5 heteroatoms. The summed E-state index contributed by atoms with van der Waals surface area (Å²) < 4.78 is 10.2. The van der Waals surface area contributed by atoms with Gasteiger partial charge in [-0.05, 0) is 31.9 Å². The van der Waals surface area contributed by atoms with Crippen LogP contribution in [-0.2, 0) is 9.47 Å². The molecule has 1 aromatic rings. The third kappa shape index (κ3) is 4.48. The summed E-state index contributed by atoms with van der Waals surface area (Å²) >= 11 is 0. The van der Waals surface area contributed by atoms with Gasteiger partial charge in [-0.15, -0.1) is 0 Å². The molecule has 0 N–H and O–H groups in total. The Morgan fingerprint density at radius 1 is 1.20 bits per heavy atom. The fourth-order valence-electron chi connectivity index (χ4n) is 2.11. The van der Waals surface area contributed by atoms with Gasteiger partial charge in [0.2, 0.25) is 0 Å². The van der Waals surface area contributed by atoms with E-state index in [-0.39, 0.29) is 0 Å². The van der Waals surface area contributed by atoms with Crippen LogP contribution in [0.3, 0.4) is 0 Å². The molecule has 0 amide bonds. The topological polar surface area (TPSA) is 58.4 Å². The van der Waals surface area contributed by atoms with E-state index in [4.69, 9.17) is 9.47 Å². The summed E-state index contributed by atoms with van der Waals surface area (Å²) in [6.45, 7) is 6.69. The fourth-order valence-corrected chi connectivity index (χ4v) is 2.11. The highest BCUT2D eigenvalue weighted by molar-refractivity contribution is 5.58. The summed E-state index contributed by atoms with van der Waals surface area (Å²) in [5.74, 6) is 0.748. The van der Waals surface area contributed by atoms with E-state index in [0.29, 0.717) is 25.3 Å². The van der Waals surface area contributed by atoms with Crippen molar-refractivity contribution in [2.45, 2.75) is 20.3 Å². The number of nitrogens with zero attached hydrogens (tertiary/aromatic N) is 3. The van der Waals surface area contributed by atoms with Gasteiger partial charge in [0.15, 0.2) is 0 Å². The summed E-state index contributed by atoms with van der Waals surface area (Å²) in [6, 6.07) is 4.20. The van der Waals surface area contributed by atoms with Crippen LogP contribution in [0.2, 0.25) is 0 Å². The van der Waals surface area contributed by atoms with Crippen LogP contribution in [-0.4, -0.2) is 45.5 Å². The number of aryl methyl sites for hydroxylation is 2. The van der Waals surface area contributed by atoms with Gasteiger partial charge in [0.25, 0.3) is 0 Å². The van der Waals surface area contributed by atoms with Crippen LogP contribution in [0.15, 0.2) is 6.07 Å². The zero-order chi connectivity index (χ0) is 15.0. The maximum absolute atomic E-state index is 9.36. The van der Waals surface area contributed by atoms with Gasteiger partial charge in [-0.2, -0.15) is 5.26 Å². The molecule has 0 atom stereocenters. The largest absolute Gasteiger partial charge is 0.385 e. The Kier molecular flexibility index (Phi) is 6.99. The van der Waals surface area contributed by atoms with Gasteiger partial charge in [-0.3, -0.25) is 0 Å². The first-order valence-electron chi connectivity index (χ1n) is 6.75. The van der Waals surface area contributed by atoms with E-state index in [9.17, 15) is 5.26 Å². The van der Waals surface area contributed by atoms with Crippen molar-refractivity contribution in [3.8, 4) is 6.07 Å². The van der Waals surface area contributed by atoms with Crippen LogP contribution < -0.4 is 4.90 Å². The number of hydrogen-bond donors (Lipinski definition) is 0. The molecule has 0 unspecified atom stereocenters. The van der Waals surface area contributed by atoms with Crippen molar-refractivity contribution in [1.29, 1.82) is 5.26 Å². The molecule has 0 fully saturated rings. The average Bonchev–Trinajstić information content (AvgIpc) is 2.42. The number of ether oxygens (including phenoxy) is 2. The monoisotopic (exact) mass is 277 g/mol. The highest BCUT2D eigenvalue weighted by Gasteiger charge is 2.15. The van der Waals surface area contributed by atoms with Gasteiger partial charge in [0, 0.05) is 39.6 Å². The lowest BCUT2D eigenvalue weighted by molar-refractivity contribution is 0.191. The molecule has 110 valence electrons. The van der Waals surface area contributed by atoms with Gasteiger partial charge >= 0.3 is 0 Å². The van der Waals surface area contributed by atoms with Gasteiger partial charge in [-0.25, -0.2) is 4.98 Å². The SMILES string of the molecule is COCCCN(CCOC)c1nc(C)cc(C)c1C#N. The van der Waals surface area contributed by atoms with E-state index < -0.39 is 0 Å². The lowest BCUT2D eigenvalue weighted by Gasteiger charge is -2.25. The first-order chi connectivity index (χ1) is 9.63. The lowest BCUT2D eigenvalue weighted by Crippen LogP contribution is -2.31. The molecule has 0 aromatic carbocycles. The minimum absolute atomic E-state index is 0.604. The maximum Gasteiger partial charge on any atom is 0.147 e. The highest BCUT2D eigenvalue weighted by atomic mass is 16.5. The molecule has 1 rings (SSSR count). The summed E-state index contributed by atoms with van der Waals surface area (Å²) in [5.41, 5.74) is 2.53. The molecule has 0 aliphatic rings. The van der Waals surface area contributed by atoms with E-state index in [1.807, 2.05) is 19.9 Å². The van der Waals surface area contributed by atoms with Gasteiger partial charge < -0.3 is 14.4 Å². The molecular formula is C15H23N3O2. The molecule has 5 nitrogen and oxygen atoms in total. The van der Waals surface area contributed by atoms with Crippen molar-refractivity contribution < 1.29 is 9.47 Å². The second kappa shape index (κ2) is 8.51. The molecule has 0 saturated heterocycles. The van der Waals surface area contributed by atoms with Crippen molar-refractivity contribution >= 4 is 5.82 Å². The quantitative estimate of drug-likeness (QED) is 0.681. The first kappa shape index (κ1) is 16.4. The number of rotatable bonds is 8. The Bertz CT molecular complexity index is 469. The summed E-state index contributed by atoms with van der Waals surface area (Å²) in [4.78, 5) is 6.64.